The minimum absolute atomic E-state index is 0.0671. The molecule has 122 valence electrons. The highest BCUT2D eigenvalue weighted by atomic mass is 16.5. The van der Waals surface area contributed by atoms with Gasteiger partial charge in [0.1, 0.15) is 16.9 Å². The molecule has 0 aliphatic rings. The zero-order chi connectivity index (χ0) is 17.4. The number of benzene rings is 2. The van der Waals surface area contributed by atoms with Gasteiger partial charge < -0.3 is 25.2 Å². The van der Waals surface area contributed by atoms with Gasteiger partial charge in [-0.2, -0.15) is 0 Å². The molecule has 0 aliphatic carbocycles. The second-order valence-electron chi connectivity index (χ2n) is 4.21. The van der Waals surface area contributed by atoms with Crippen LogP contribution in [0.1, 0.15) is 27.6 Å². The molecule has 2 aromatic rings. The smallest absolute Gasteiger partial charge is 0.339 e. The van der Waals surface area contributed by atoms with E-state index in [1.54, 1.807) is 19.1 Å². The van der Waals surface area contributed by atoms with Crippen LogP contribution in [0.4, 0.5) is 0 Å². The van der Waals surface area contributed by atoms with E-state index in [1.807, 2.05) is 0 Å². The molecule has 2 rings (SSSR count). The highest BCUT2D eigenvalue weighted by molar-refractivity contribution is 5.91. The van der Waals surface area contributed by atoms with Crippen LogP contribution < -0.4 is 4.74 Å². The molecule has 7 nitrogen and oxygen atoms in total. The van der Waals surface area contributed by atoms with Gasteiger partial charge in [0.2, 0.25) is 0 Å². The lowest BCUT2D eigenvalue weighted by Gasteiger charge is -2.06. The fourth-order valence-corrected chi connectivity index (χ4v) is 1.62. The summed E-state index contributed by atoms with van der Waals surface area (Å²) in [5.41, 5.74) is -0.214. The second-order valence-corrected chi connectivity index (χ2v) is 4.21. The normalized spacial score (nSPS) is 9.43. The lowest BCUT2D eigenvalue weighted by atomic mass is 10.2. The fraction of sp³-hybridized carbons (Fsp3) is 0.125. The summed E-state index contributed by atoms with van der Waals surface area (Å²) in [7, 11) is 0. The van der Waals surface area contributed by atoms with Crippen molar-refractivity contribution < 1.29 is 34.8 Å². The Hall–Kier alpha value is -3.22. The Bertz CT molecular complexity index is 695. The van der Waals surface area contributed by atoms with E-state index < -0.39 is 11.9 Å². The van der Waals surface area contributed by atoms with E-state index in [0.29, 0.717) is 6.61 Å². The Labute approximate surface area is 132 Å². The monoisotopic (exact) mass is 320 g/mol. The number of aromatic hydroxyl groups is 2. The van der Waals surface area contributed by atoms with Crippen molar-refractivity contribution in [3.8, 4) is 17.2 Å². The Morgan fingerprint density at radius 3 is 1.96 bits per heavy atom. The van der Waals surface area contributed by atoms with Gasteiger partial charge in [0, 0.05) is 0 Å². The average Bonchev–Trinajstić information content (AvgIpc) is 2.50. The van der Waals surface area contributed by atoms with Crippen LogP contribution in [0.3, 0.4) is 0 Å². The first-order valence-corrected chi connectivity index (χ1v) is 6.57. The van der Waals surface area contributed by atoms with Gasteiger partial charge in [-0.1, -0.05) is 18.2 Å². The van der Waals surface area contributed by atoms with Crippen LogP contribution in [0.5, 0.6) is 17.2 Å². The lowest BCUT2D eigenvalue weighted by molar-refractivity contribution is 0.0682. The number of phenols is 2. The van der Waals surface area contributed by atoms with Crippen molar-refractivity contribution in [3.63, 3.8) is 0 Å². The topological polar surface area (TPSA) is 124 Å². The van der Waals surface area contributed by atoms with Crippen LogP contribution in [-0.2, 0) is 0 Å². The van der Waals surface area contributed by atoms with Crippen molar-refractivity contribution in [2.45, 2.75) is 6.92 Å². The number of rotatable bonds is 4. The molecule has 0 saturated carbocycles. The fourth-order valence-electron chi connectivity index (χ4n) is 1.62. The predicted molar refractivity (Wildman–Crippen MR) is 81.3 cm³/mol. The Balaban J connectivity index is 0.000000238. The molecule has 0 aliphatic heterocycles. The minimum Gasteiger partial charge on any atom is -0.507 e. The molecular formula is C16H16O7. The summed E-state index contributed by atoms with van der Waals surface area (Å²) in [6.07, 6.45) is 0. The Morgan fingerprint density at radius 1 is 0.913 bits per heavy atom. The SMILES string of the molecule is CCOc1cccc(C(=O)O)c1O.O=C(O)c1ccccc1O. The largest absolute Gasteiger partial charge is 0.507 e. The van der Waals surface area contributed by atoms with E-state index in [2.05, 4.69) is 0 Å². The zero-order valence-electron chi connectivity index (χ0n) is 12.3. The predicted octanol–water partition coefficient (Wildman–Crippen LogP) is 2.58. The summed E-state index contributed by atoms with van der Waals surface area (Å²) in [6.45, 7) is 2.14. The third-order valence-corrected chi connectivity index (χ3v) is 2.66. The van der Waals surface area contributed by atoms with E-state index in [4.69, 9.17) is 20.1 Å². The van der Waals surface area contributed by atoms with Crippen molar-refractivity contribution in [2.75, 3.05) is 6.61 Å². The number of ether oxygens (including phenoxy) is 1. The number of para-hydroxylation sites is 2. The molecule has 7 heteroatoms. The number of carboxylic acids is 2. The molecule has 0 saturated heterocycles. The van der Waals surface area contributed by atoms with Crippen LogP contribution in [0.15, 0.2) is 42.5 Å². The molecule has 0 atom stereocenters. The van der Waals surface area contributed by atoms with E-state index >= 15 is 0 Å². The maximum absolute atomic E-state index is 10.6. The highest BCUT2D eigenvalue weighted by Gasteiger charge is 2.12. The summed E-state index contributed by atoms with van der Waals surface area (Å²) in [4.78, 5) is 20.8. The van der Waals surface area contributed by atoms with Crippen LogP contribution >= 0.6 is 0 Å². The standard InChI is InChI=1S/C9H10O4.C7H6O3/c1-2-13-7-5-3-4-6(8(7)10)9(11)12;8-6-4-2-1-3-5(6)7(9)10/h3-5,10H,2H2,1H3,(H,11,12);1-4,8H,(H,9,10). The highest BCUT2D eigenvalue weighted by Crippen LogP contribution is 2.29. The summed E-state index contributed by atoms with van der Waals surface area (Å²) in [5, 5.41) is 35.3. The molecule has 0 spiro atoms. The Kier molecular flexibility index (Phi) is 6.42. The number of carboxylic acid groups (broad SMARTS) is 2. The van der Waals surface area contributed by atoms with Gasteiger partial charge in [-0.25, -0.2) is 9.59 Å². The summed E-state index contributed by atoms with van der Waals surface area (Å²) in [5.74, 6) is -2.61. The van der Waals surface area contributed by atoms with Gasteiger partial charge in [-0.05, 0) is 31.2 Å². The maximum atomic E-state index is 10.6. The van der Waals surface area contributed by atoms with Gasteiger partial charge in [0.05, 0.1) is 6.61 Å². The van der Waals surface area contributed by atoms with Gasteiger partial charge in [-0.3, -0.25) is 0 Å². The van der Waals surface area contributed by atoms with Crippen LogP contribution in [0.2, 0.25) is 0 Å². The van der Waals surface area contributed by atoms with Crippen molar-refractivity contribution in [1.82, 2.24) is 0 Å². The van der Waals surface area contributed by atoms with Crippen molar-refractivity contribution in [2.24, 2.45) is 0 Å². The third kappa shape index (κ3) is 4.92. The van der Waals surface area contributed by atoms with Crippen molar-refractivity contribution >= 4 is 11.9 Å². The van der Waals surface area contributed by atoms with Gasteiger partial charge in [-0.15, -0.1) is 0 Å². The molecule has 23 heavy (non-hydrogen) atoms. The van der Waals surface area contributed by atoms with Crippen molar-refractivity contribution in [3.05, 3.63) is 53.6 Å². The third-order valence-electron chi connectivity index (χ3n) is 2.66. The molecule has 4 N–H and O–H groups in total. The van der Waals surface area contributed by atoms with Crippen LogP contribution in [0, 0.1) is 0 Å². The summed E-state index contributed by atoms with van der Waals surface area (Å²) in [6, 6.07) is 10.2. The van der Waals surface area contributed by atoms with E-state index in [1.165, 1.54) is 30.3 Å². The number of carbonyl (C=O) groups is 2. The molecule has 2 aromatic carbocycles. The number of hydrogen-bond donors (Lipinski definition) is 4. The average molecular weight is 320 g/mol. The molecule has 0 radical (unpaired) electrons. The first-order chi connectivity index (χ1) is 10.9. The first kappa shape index (κ1) is 17.8. The number of aromatic carboxylic acids is 2. The lowest BCUT2D eigenvalue weighted by Crippen LogP contribution is -1.99. The maximum Gasteiger partial charge on any atom is 0.339 e. The van der Waals surface area contributed by atoms with Crippen molar-refractivity contribution in [1.29, 1.82) is 0 Å². The number of hydrogen-bond acceptors (Lipinski definition) is 5. The Morgan fingerprint density at radius 2 is 1.48 bits per heavy atom. The van der Waals surface area contributed by atoms with E-state index in [9.17, 15) is 14.7 Å². The van der Waals surface area contributed by atoms with E-state index in [0.717, 1.165) is 0 Å². The second kappa shape index (κ2) is 8.28. The van der Waals surface area contributed by atoms with Gasteiger partial charge >= 0.3 is 11.9 Å². The van der Waals surface area contributed by atoms with Gasteiger partial charge in [0.25, 0.3) is 0 Å². The molecule has 0 amide bonds. The molecule has 0 bridgehead atoms. The van der Waals surface area contributed by atoms with Gasteiger partial charge in [0.15, 0.2) is 11.5 Å². The minimum atomic E-state index is -1.17. The molecule has 0 heterocycles. The van der Waals surface area contributed by atoms with Crippen LogP contribution in [-0.4, -0.2) is 39.0 Å². The van der Waals surface area contributed by atoms with E-state index in [-0.39, 0.29) is 28.4 Å². The zero-order valence-corrected chi connectivity index (χ0v) is 12.3. The molecule has 0 unspecified atom stereocenters. The molecular weight excluding hydrogens is 304 g/mol. The first-order valence-electron chi connectivity index (χ1n) is 6.57. The molecule has 0 fully saturated rings. The summed E-state index contributed by atoms with van der Waals surface area (Å²) >= 11 is 0. The quantitative estimate of drug-likeness (QED) is 0.682. The van der Waals surface area contributed by atoms with Crippen LogP contribution in [0.25, 0.3) is 0 Å². The molecule has 0 aromatic heterocycles. The summed E-state index contributed by atoms with van der Waals surface area (Å²) < 4.78 is 5.01.